The molecule has 1 aliphatic carbocycles. The SMILES string of the molecule is C/C=C/[C@@H]1[C@@H](C(=O)OCc2c(F)c(F)c(CO)c(F)c2F)C1(C)C. The van der Waals surface area contributed by atoms with Gasteiger partial charge in [-0.05, 0) is 18.3 Å². The van der Waals surface area contributed by atoms with Gasteiger partial charge in [-0.15, -0.1) is 0 Å². The van der Waals surface area contributed by atoms with E-state index in [-0.39, 0.29) is 11.3 Å². The summed E-state index contributed by atoms with van der Waals surface area (Å²) in [4.78, 5) is 12.1. The number of ether oxygens (including phenoxy) is 1. The first-order chi connectivity index (χ1) is 11.2. The fourth-order valence-corrected chi connectivity index (χ4v) is 2.92. The zero-order valence-corrected chi connectivity index (χ0v) is 13.5. The van der Waals surface area contributed by atoms with Crippen molar-refractivity contribution in [2.45, 2.75) is 34.0 Å². The molecule has 0 aromatic heterocycles. The molecule has 0 bridgehead atoms. The van der Waals surface area contributed by atoms with E-state index in [2.05, 4.69) is 0 Å². The number of esters is 1. The van der Waals surface area contributed by atoms with Crippen molar-refractivity contribution in [1.29, 1.82) is 0 Å². The van der Waals surface area contributed by atoms with E-state index < -0.39 is 59.5 Å². The molecule has 1 N–H and O–H groups in total. The van der Waals surface area contributed by atoms with Gasteiger partial charge in [0.15, 0.2) is 23.3 Å². The standard InChI is InChI=1S/C17H18F4O3/c1-4-5-10-11(17(10,2)3)16(23)24-7-9-14(20)12(18)8(6-22)13(19)15(9)21/h4-5,10-11,22H,6-7H2,1-3H3/b5-4+/t10-,11+/m1/s1. The number of carbonyl (C=O) groups excluding carboxylic acids is 1. The lowest BCUT2D eigenvalue weighted by atomic mass is 10.1. The molecule has 0 unspecified atom stereocenters. The van der Waals surface area contributed by atoms with Crippen LogP contribution >= 0.6 is 0 Å². The van der Waals surface area contributed by atoms with E-state index in [0.717, 1.165) is 0 Å². The van der Waals surface area contributed by atoms with Crippen molar-refractivity contribution in [3.63, 3.8) is 0 Å². The van der Waals surface area contributed by atoms with Crippen LogP contribution in [0.25, 0.3) is 0 Å². The topological polar surface area (TPSA) is 46.5 Å². The Hall–Kier alpha value is -1.89. The molecule has 0 saturated heterocycles. The van der Waals surface area contributed by atoms with Crippen molar-refractivity contribution >= 4 is 5.97 Å². The molecular weight excluding hydrogens is 328 g/mol. The lowest BCUT2D eigenvalue weighted by molar-refractivity contribution is -0.147. The maximum atomic E-state index is 13.8. The van der Waals surface area contributed by atoms with Gasteiger partial charge in [0.2, 0.25) is 0 Å². The molecule has 0 aliphatic heterocycles. The minimum Gasteiger partial charge on any atom is -0.460 e. The molecule has 1 aromatic carbocycles. The number of carbonyl (C=O) groups is 1. The number of aliphatic hydroxyl groups is 1. The number of allylic oxidation sites excluding steroid dienone is 2. The second kappa shape index (κ2) is 6.55. The highest BCUT2D eigenvalue weighted by molar-refractivity contribution is 5.78. The van der Waals surface area contributed by atoms with Crippen LogP contribution in [0.1, 0.15) is 31.9 Å². The molecule has 0 amide bonds. The first kappa shape index (κ1) is 18.4. The van der Waals surface area contributed by atoms with Crippen molar-refractivity contribution in [1.82, 2.24) is 0 Å². The number of benzene rings is 1. The predicted molar refractivity (Wildman–Crippen MR) is 77.6 cm³/mol. The third-order valence-corrected chi connectivity index (χ3v) is 4.53. The van der Waals surface area contributed by atoms with Gasteiger partial charge in [0.1, 0.15) is 6.61 Å². The van der Waals surface area contributed by atoms with Gasteiger partial charge < -0.3 is 9.84 Å². The van der Waals surface area contributed by atoms with Gasteiger partial charge >= 0.3 is 5.97 Å². The summed E-state index contributed by atoms with van der Waals surface area (Å²) in [6, 6.07) is 0. The molecule has 0 radical (unpaired) electrons. The van der Waals surface area contributed by atoms with Crippen LogP contribution in [0.5, 0.6) is 0 Å². The number of aliphatic hydroxyl groups excluding tert-OH is 1. The number of rotatable bonds is 5. The van der Waals surface area contributed by atoms with Gasteiger partial charge in [-0.2, -0.15) is 0 Å². The molecule has 1 saturated carbocycles. The average molecular weight is 346 g/mol. The second-order valence-corrected chi connectivity index (χ2v) is 6.33. The zero-order valence-electron chi connectivity index (χ0n) is 13.5. The average Bonchev–Trinajstić information content (AvgIpc) is 3.07. The van der Waals surface area contributed by atoms with E-state index >= 15 is 0 Å². The number of hydrogen-bond donors (Lipinski definition) is 1. The zero-order chi connectivity index (χ0) is 18.2. The molecule has 0 heterocycles. The number of hydrogen-bond acceptors (Lipinski definition) is 3. The summed E-state index contributed by atoms with van der Waals surface area (Å²) in [6.45, 7) is 3.38. The molecule has 1 fully saturated rings. The van der Waals surface area contributed by atoms with Crippen LogP contribution in [-0.4, -0.2) is 11.1 Å². The summed E-state index contributed by atoms with van der Waals surface area (Å²) >= 11 is 0. The van der Waals surface area contributed by atoms with Gasteiger partial charge in [0.25, 0.3) is 0 Å². The smallest absolute Gasteiger partial charge is 0.310 e. The fraction of sp³-hybridized carbons (Fsp3) is 0.471. The van der Waals surface area contributed by atoms with Crippen LogP contribution in [0, 0.1) is 40.5 Å². The maximum absolute atomic E-state index is 13.8. The van der Waals surface area contributed by atoms with Crippen LogP contribution in [0.3, 0.4) is 0 Å². The predicted octanol–water partition coefficient (Wildman–Crippen LogP) is 3.63. The maximum Gasteiger partial charge on any atom is 0.310 e. The van der Waals surface area contributed by atoms with Gasteiger partial charge in [0.05, 0.1) is 23.7 Å². The third kappa shape index (κ3) is 2.92. The first-order valence-corrected chi connectivity index (χ1v) is 7.42. The molecule has 1 aromatic rings. The van der Waals surface area contributed by atoms with Crippen molar-refractivity contribution in [2.75, 3.05) is 0 Å². The highest BCUT2D eigenvalue weighted by Crippen LogP contribution is 2.59. The Kier molecular flexibility index (Phi) is 5.03. The Balaban J connectivity index is 2.18. The van der Waals surface area contributed by atoms with Gasteiger partial charge in [-0.3, -0.25) is 4.79 Å². The van der Waals surface area contributed by atoms with Crippen LogP contribution in [0.2, 0.25) is 0 Å². The van der Waals surface area contributed by atoms with E-state index in [4.69, 9.17) is 9.84 Å². The highest BCUT2D eigenvalue weighted by Gasteiger charge is 2.61. The summed E-state index contributed by atoms with van der Waals surface area (Å²) in [7, 11) is 0. The third-order valence-electron chi connectivity index (χ3n) is 4.53. The molecule has 2 atom stereocenters. The van der Waals surface area contributed by atoms with Crippen LogP contribution in [0.4, 0.5) is 17.6 Å². The van der Waals surface area contributed by atoms with E-state index in [1.807, 2.05) is 19.9 Å². The molecule has 3 nitrogen and oxygen atoms in total. The quantitative estimate of drug-likeness (QED) is 0.383. The Morgan fingerprint density at radius 1 is 1.12 bits per heavy atom. The molecule has 24 heavy (non-hydrogen) atoms. The minimum atomic E-state index is -1.69. The number of halogens is 4. The Labute approximate surface area is 136 Å². The lowest BCUT2D eigenvalue weighted by Crippen LogP contribution is -2.14. The summed E-state index contributed by atoms with van der Waals surface area (Å²) in [5.74, 6) is -7.96. The molecular formula is C17H18F4O3. The normalized spacial score (nSPS) is 22.0. The Morgan fingerprint density at radius 2 is 1.62 bits per heavy atom. The minimum absolute atomic E-state index is 0.0602. The molecule has 7 heteroatoms. The van der Waals surface area contributed by atoms with E-state index in [1.165, 1.54) is 0 Å². The van der Waals surface area contributed by atoms with Gasteiger partial charge in [0, 0.05) is 0 Å². The van der Waals surface area contributed by atoms with E-state index in [1.54, 1.807) is 13.0 Å². The second-order valence-electron chi connectivity index (χ2n) is 6.33. The van der Waals surface area contributed by atoms with Crippen molar-refractivity contribution in [3.05, 3.63) is 46.5 Å². The van der Waals surface area contributed by atoms with Gasteiger partial charge in [-0.25, -0.2) is 17.6 Å². The van der Waals surface area contributed by atoms with Crippen LogP contribution < -0.4 is 0 Å². The summed E-state index contributed by atoms with van der Waals surface area (Å²) in [6.07, 6.45) is 3.62. The summed E-state index contributed by atoms with van der Waals surface area (Å²) < 4.78 is 59.7. The molecule has 0 spiro atoms. The molecule has 2 rings (SSSR count). The van der Waals surface area contributed by atoms with E-state index in [9.17, 15) is 22.4 Å². The van der Waals surface area contributed by atoms with Gasteiger partial charge in [-0.1, -0.05) is 26.0 Å². The monoisotopic (exact) mass is 346 g/mol. The largest absolute Gasteiger partial charge is 0.460 e. The van der Waals surface area contributed by atoms with Crippen molar-refractivity contribution < 1.29 is 32.2 Å². The van der Waals surface area contributed by atoms with Crippen molar-refractivity contribution in [3.8, 4) is 0 Å². The van der Waals surface area contributed by atoms with Crippen LogP contribution in [-0.2, 0) is 22.7 Å². The van der Waals surface area contributed by atoms with Crippen LogP contribution in [0.15, 0.2) is 12.2 Å². The lowest BCUT2D eigenvalue weighted by Gasteiger charge is -2.11. The van der Waals surface area contributed by atoms with Crippen molar-refractivity contribution in [2.24, 2.45) is 17.3 Å². The Morgan fingerprint density at radius 3 is 2.08 bits per heavy atom. The summed E-state index contributed by atoms with van der Waals surface area (Å²) in [5.41, 5.74) is -2.47. The highest BCUT2D eigenvalue weighted by atomic mass is 19.2. The molecule has 1 aliphatic rings. The fourth-order valence-electron chi connectivity index (χ4n) is 2.92. The first-order valence-electron chi connectivity index (χ1n) is 7.42. The summed E-state index contributed by atoms with van der Waals surface area (Å²) in [5, 5.41) is 8.77. The Bertz CT molecular complexity index is 669. The molecule has 132 valence electrons. The van der Waals surface area contributed by atoms with E-state index in [0.29, 0.717) is 0 Å².